The zero-order chi connectivity index (χ0) is 25.8. The van der Waals surface area contributed by atoms with Crippen LogP contribution in [0.3, 0.4) is 0 Å². The SMILES string of the molecule is Cc1ccc(-c2nnn(CC(=O)N(Cc3ccco3)[C@@H](C(=O)NC[C@@H]3CCCO3)c3ccc(C)o3)n2)o1. The van der Waals surface area contributed by atoms with Crippen LogP contribution in [-0.4, -0.2) is 56.2 Å². The number of tetrazole rings is 1. The number of rotatable bonds is 10. The first-order valence-electron chi connectivity index (χ1n) is 12.1. The Hall–Kier alpha value is -4.19. The van der Waals surface area contributed by atoms with Crippen molar-refractivity contribution in [3.63, 3.8) is 0 Å². The van der Waals surface area contributed by atoms with E-state index in [2.05, 4.69) is 20.7 Å². The molecule has 0 spiro atoms. The molecule has 12 heteroatoms. The molecule has 0 bridgehead atoms. The fourth-order valence-electron chi connectivity index (χ4n) is 4.21. The number of amides is 2. The number of nitrogens with one attached hydrogen (secondary N) is 1. The summed E-state index contributed by atoms with van der Waals surface area (Å²) in [7, 11) is 0. The lowest BCUT2D eigenvalue weighted by Gasteiger charge is -2.29. The minimum Gasteiger partial charge on any atom is -0.467 e. The van der Waals surface area contributed by atoms with E-state index in [0.29, 0.717) is 42.0 Å². The van der Waals surface area contributed by atoms with Gasteiger partial charge in [-0.15, -0.1) is 10.2 Å². The predicted octanol–water partition coefficient (Wildman–Crippen LogP) is 2.80. The Morgan fingerprint density at radius 2 is 2.00 bits per heavy atom. The zero-order valence-electron chi connectivity index (χ0n) is 20.6. The molecule has 194 valence electrons. The zero-order valence-corrected chi connectivity index (χ0v) is 20.6. The molecule has 5 heterocycles. The number of aryl methyl sites for hydroxylation is 2. The molecule has 2 atom stereocenters. The maximum absolute atomic E-state index is 13.7. The molecule has 0 aromatic carbocycles. The number of nitrogens with zero attached hydrogens (tertiary/aromatic N) is 5. The van der Waals surface area contributed by atoms with Gasteiger partial charge in [0.1, 0.15) is 29.6 Å². The summed E-state index contributed by atoms with van der Waals surface area (Å²) in [5, 5.41) is 15.2. The first-order valence-corrected chi connectivity index (χ1v) is 12.1. The van der Waals surface area contributed by atoms with Gasteiger partial charge >= 0.3 is 0 Å². The molecule has 4 aromatic heterocycles. The quantitative estimate of drug-likeness (QED) is 0.342. The highest BCUT2D eigenvalue weighted by atomic mass is 16.5. The van der Waals surface area contributed by atoms with Crippen LogP contribution >= 0.6 is 0 Å². The van der Waals surface area contributed by atoms with Gasteiger partial charge in [-0.1, -0.05) is 0 Å². The Bertz CT molecular complexity index is 1330. The highest BCUT2D eigenvalue weighted by molar-refractivity contribution is 5.88. The van der Waals surface area contributed by atoms with Crippen molar-refractivity contribution in [3.05, 3.63) is 65.7 Å². The number of furan rings is 3. The van der Waals surface area contributed by atoms with E-state index in [9.17, 15) is 9.59 Å². The molecule has 1 aliphatic rings. The molecule has 5 rings (SSSR count). The number of aromatic nitrogens is 4. The van der Waals surface area contributed by atoms with E-state index in [1.54, 1.807) is 43.3 Å². The van der Waals surface area contributed by atoms with Crippen LogP contribution in [0.15, 0.2) is 55.9 Å². The first kappa shape index (κ1) is 24.5. The summed E-state index contributed by atoms with van der Waals surface area (Å²) in [5.74, 6) is 2.05. The molecular weight excluding hydrogens is 480 g/mol. The van der Waals surface area contributed by atoms with E-state index in [0.717, 1.165) is 12.8 Å². The normalized spacial score (nSPS) is 16.1. The van der Waals surface area contributed by atoms with Gasteiger partial charge in [0.25, 0.3) is 5.91 Å². The summed E-state index contributed by atoms with van der Waals surface area (Å²) < 4.78 is 22.5. The third-order valence-corrected chi connectivity index (χ3v) is 6.04. The van der Waals surface area contributed by atoms with Crippen LogP contribution < -0.4 is 5.32 Å². The monoisotopic (exact) mass is 508 g/mol. The number of carbonyl (C=O) groups is 2. The highest BCUT2D eigenvalue weighted by Gasteiger charge is 2.35. The average molecular weight is 509 g/mol. The summed E-state index contributed by atoms with van der Waals surface area (Å²) in [6, 6.07) is 9.37. The summed E-state index contributed by atoms with van der Waals surface area (Å²) in [5.41, 5.74) is 0. The van der Waals surface area contributed by atoms with E-state index in [4.69, 9.17) is 18.0 Å². The van der Waals surface area contributed by atoms with Crippen molar-refractivity contribution in [1.82, 2.24) is 30.4 Å². The Morgan fingerprint density at radius 3 is 2.68 bits per heavy atom. The van der Waals surface area contributed by atoms with E-state index in [1.807, 2.05) is 6.92 Å². The molecule has 1 aliphatic heterocycles. The number of hydrogen-bond donors (Lipinski definition) is 1. The van der Waals surface area contributed by atoms with Crippen molar-refractivity contribution in [3.8, 4) is 11.6 Å². The molecule has 0 aliphatic carbocycles. The first-order chi connectivity index (χ1) is 18.0. The standard InChI is InChI=1S/C25H28N6O6/c1-16-7-9-20(36-16)23(25(33)26-13-18-5-3-11-34-18)30(14-19-6-4-12-35-19)22(32)15-31-28-24(27-29-31)21-10-8-17(2)37-21/h4,6-10,12,18,23H,3,5,11,13-15H2,1-2H3,(H,26,33)/t18-,23+/m0/s1. The van der Waals surface area contributed by atoms with Crippen molar-refractivity contribution in [2.45, 2.75) is 51.9 Å². The van der Waals surface area contributed by atoms with Crippen LogP contribution in [0.25, 0.3) is 11.6 Å². The van der Waals surface area contributed by atoms with Gasteiger partial charge in [0.2, 0.25) is 11.7 Å². The smallest absolute Gasteiger partial charge is 0.250 e. The van der Waals surface area contributed by atoms with Crippen LogP contribution in [0.2, 0.25) is 0 Å². The summed E-state index contributed by atoms with van der Waals surface area (Å²) >= 11 is 0. The van der Waals surface area contributed by atoms with Crippen molar-refractivity contribution < 1.29 is 27.6 Å². The van der Waals surface area contributed by atoms with Crippen molar-refractivity contribution >= 4 is 11.8 Å². The molecule has 4 aromatic rings. The summed E-state index contributed by atoms with van der Waals surface area (Å²) in [6.07, 6.45) is 3.28. The second kappa shape index (κ2) is 10.8. The third kappa shape index (κ3) is 5.80. The lowest BCUT2D eigenvalue weighted by molar-refractivity contribution is -0.143. The minimum atomic E-state index is -1.05. The van der Waals surface area contributed by atoms with Gasteiger partial charge in [0.05, 0.1) is 18.9 Å². The molecule has 1 N–H and O–H groups in total. The molecule has 12 nitrogen and oxygen atoms in total. The lowest BCUT2D eigenvalue weighted by Crippen LogP contribution is -2.46. The predicted molar refractivity (Wildman–Crippen MR) is 128 cm³/mol. The largest absolute Gasteiger partial charge is 0.467 e. The maximum atomic E-state index is 13.7. The molecule has 37 heavy (non-hydrogen) atoms. The summed E-state index contributed by atoms with van der Waals surface area (Å²) in [4.78, 5) is 29.7. The van der Waals surface area contributed by atoms with E-state index in [1.165, 1.54) is 16.0 Å². The topological polar surface area (TPSA) is 142 Å². The second-order valence-corrected chi connectivity index (χ2v) is 8.89. The van der Waals surface area contributed by atoms with Crippen LogP contribution in [0, 0.1) is 13.8 Å². The third-order valence-electron chi connectivity index (χ3n) is 6.04. The van der Waals surface area contributed by atoms with Gasteiger partial charge in [0, 0.05) is 13.2 Å². The maximum Gasteiger partial charge on any atom is 0.250 e. The van der Waals surface area contributed by atoms with Gasteiger partial charge in [-0.05, 0) is 68.3 Å². The number of hydrogen-bond acceptors (Lipinski definition) is 9. The van der Waals surface area contributed by atoms with Crippen molar-refractivity contribution in [2.24, 2.45) is 0 Å². The Morgan fingerprint density at radius 1 is 1.16 bits per heavy atom. The lowest BCUT2D eigenvalue weighted by atomic mass is 10.1. The van der Waals surface area contributed by atoms with Gasteiger partial charge in [-0.25, -0.2) is 0 Å². The van der Waals surface area contributed by atoms with Crippen LogP contribution in [0.4, 0.5) is 0 Å². The molecule has 1 fully saturated rings. The summed E-state index contributed by atoms with van der Waals surface area (Å²) in [6.45, 7) is 4.37. The Balaban J connectivity index is 1.40. The van der Waals surface area contributed by atoms with Crippen LogP contribution in [0.1, 0.15) is 41.9 Å². The van der Waals surface area contributed by atoms with Gasteiger partial charge < -0.3 is 28.2 Å². The highest BCUT2D eigenvalue weighted by Crippen LogP contribution is 2.27. The van der Waals surface area contributed by atoms with E-state index < -0.39 is 11.9 Å². The molecule has 0 unspecified atom stereocenters. The number of ether oxygens (including phenoxy) is 1. The molecule has 2 amide bonds. The molecule has 0 radical (unpaired) electrons. The fourth-order valence-corrected chi connectivity index (χ4v) is 4.21. The Labute approximate surface area is 212 Å². The van der Waals surface area contributed by atoms with Gasteiger partial charge in [-0.3, -0.25) is 9.59 Å². The van der Waals surface area contributed by atoms with Gasteiger partial charge in [-0.2, -0.15) is 4.80 Å². The fraction of sp³-hybridized carbons (Fsp3) is 0.400. The van der Waals surface area contributed by atoms with E-state index >= 15 is 0 Å². The molecular formula is C25H28N6O6. The molecule has 1 saturated heterocycles. The minimum absolute atomic E-state index is 0.0303. The van der Waals surface area contributed by atoms with Crippen LogP contribution in [-0.2, 0) is 27.4 Å². The second-order valence-electron chi connectivity index (χ2n) is 8.89. The van der Waals surface area contributed by atoms with Crippen molar-refractivity contribution in [2.75, 3.05) is 13.2 Å². The number of carbonyl (C=O) groups excluding carboxylic acids is 2. The average Bonchev–Trinajstić information content (AvgIpc) is 3.69. The van der Waals surface area contributed by atoms with E-state index in [-0.39, 0.29) is 30.9 Å². The van der Waals surface area contributed by atoms with Crippen LogP contribution in [0.5, 0.6) is 0 Å². The van der Waals surface area contributed by atoms with Crippen molar-refractivity contribution in [1.29, 1.82) is 0 Å². The molecule has 0 saturated carbocycles. The van der Waals surface area contributed by atoms with Gasteiger partial charge in [0.15, 0.2) is 11.8 Å². The Kier molecular flexibility index (Phi) is 7.17.